The van der Waals surface area contributed by atoms with Crippen LogP contribution in [0.15, 0.2) is 23.1 Å². The van der Waals surface area contributed by atoms with Crippen molar-refractivity contribution in [2.45, 2.75) is 56.3 Å². The van der Waals surface area contributed by atoms with Gasteiger partial charge in [0.2, 0.25) is 15.9 Å². The Bertz CT molecular complexity index is 862. The number of benzene rings is 1. The maximum Gasteiger partial charge on any atom is 0.243 e. The van der Waals surface area contributed by atoms with Gasteiger partial charge in [0.05, 0.1) is 16.3 Å². The van der Waals surface area contributed by atoms with Crippen LogP contribution in [0.1, 0.15) is 51.4 Å². The topological polar surface area (TPSA) is 69.7 Å². The standard InChI is InChI=1S/C22H33N3O3S/c1-24(2)21-9-8-19(29(27,28)25-10-4-3-5-11-25)15-20(21)23-22(26)14-18-13-16-6-7-17(18)12-16/h8-9,15-18H,3-7,10-14H2,1-2H3,(H,23,26). The molecule has 3 aliphatic rings. The maximum absolute atomic E-state index is 13.1. The van der Waals surface area contributed by atoms with Crippen LogP contribution in [0.25, 0.3) is 0 Å². The molecule has 7 heteroatoms. The average Bonchev–Trinajstić information content (AvgIpc) is 3.31. The highest BCUT2D eigenvalue weighted by Gasteiger charge is 2.40. The molecule has 2 saturated carbocycles. The van der Waals surface area contributed by atoms with Crippen molar-refractivity contribution in [2.75, 3.05) is 37.4 Å². The highest BCUT2D eigenvalue weighted by molar-refractivity contribution is 7.89. The van der Waals surface area contributed by atoms with Gasteiger partial charge >= 0.3 is 0 Å². The van der Waals surface area contributed by atoms with Crippen molar-refractivity contribution in [1.82, 2.24) is 4.31 Å². The van der Waals surface area contributed by atoms with E-state index in [0.29, 0.717) is 37.0 Å². The normalized spacial score (nSPS) is 27.2. The van der Waals surface area contributed by atoms with Gasteiger partial charge in [-0.25, -0.2) is 8.42 Å². The third-order valence-electron chi connectivity index (χ3n) is 7.01. The number of carbonyl (C=O) groups excluding carboxylic acids is 1. The summed E-state index contributed by atoms with van der Waals surface area (Å²) in [4.78, 5) is 15.0. The van der Waals surface area contributed by atoms with Crippen LogP contribution in [0.4, 0.5) is 11.4 Å². The number of hydrogen-bond donors (Lipinski definition) is 1. The van der Waals surface area contributed by atoms with Crippen molar-refractivity contribution in [3.63, 3.8) is 0 Å². The van der Waals surface area contributed by atoms with Gasteiger partial charge in [0.1, 0.15) is 0 Å². The van der Waals surface area contributed by atoms with Gasteiger partial charge in [0, 0.05) is 33.6 Å². The number of sulfonamides is 1. The van der Waals surface area contributed by atoms with E-state index in [9.17, 15) is 13.2 Å². The summed E-state index contributed by atoms with van der Waals surface area (Å²) in [5.74, 6) is 1.99. The lowest BCUT2D eigenvalue weighted by Gasteiger charge is -2.27. The number of amides is 1. The van der Waals surface area contributed by atoms with Crippen molar-refractivity contribution >= 4 is 27.3 Å². The molecule has 1 aromatic carbocycles. The van der Waals surface area contributed by atoms with E-state index in [1.807, 2.05) is 19.0 Å². The van der Waals surface area contributed by atoms with Gasteiger partial charge in [-0.2, -0.15) is 4.31 Å². The van der Waals surface area contributed by atoms with E-state index >= 15 is 0 Å². The molecule has 2 bridgehead atoms. The van der Waals surface area contributed by atoms with E-state index in [4.69, 9.17) is 0 Å². The fourth-order valence-corrected chi connectivity index (χ4v) is 7.03. The molecular formula is C22H33N3O3S. The van der Waals surface area contributed by atoms with E-state index in [1.165, 1.54) is 25.7 Å². The van der Waals surface area contributed by atoms with E-state index in [0.717, 1.165) is 30.9 Å². The summed E-state index contributed by atoms with van der Waals surface area (Å²) in [6.07, 6.45) is 8.46. The Morgan fingerprint density at radius 1 is 1.14 bits per heavy atom. The largest absolute Gasteiger partial charge is 0.376 e. The second-order valence-corrected chi connectivity index (χ2v) is 11.2. The summed E-state index contributed by atoms with van der Waals surface area (Å²) in [5, 5.41) is 3.03. The Kier molecular flexibility index (Phi) is 5.89. The number of carbonyl (C=O) groups is 1. The van der Waals surface area contributed by atoms with Crippen LogP contribution in [0, 0.1) is 17.8 Å². The summed E-state index contributed by atoms with van der Waals surface area (Å²) in [6.45, 7) is 1.15. The van der Waals surface area contributed by atoms with Gasteiger partial charge in [-0.05, 0) is 68.1 Å². The smallest absolute Gasteiger partial charge is 0.243 e. The number of hydrogen-bond acceptors (Lipinski definition) is 4. The maximum atomic E-state index is 13.1. The van der Waals surface area contributed by atoms with E-state index in [-0.39, 0.29) is 10.8 Å². The minimum absolute atomic E-state index is 0.00169. The van der Waals surface area contributed by atoms with Crippen molar-refractivity contribution in [3.8, 4) is 0 Å². The molecule has 1 aromatic rings. The zero-order chi connectivity index (χ0) is 20.6. The summed E-state index contributed by atoms with van der Waals surface area (Å²) >= 11 is 0. The Morgan fingerprint density at radius 2 is 1.90 bits per heavy atom. The number of nitrogens with zero attached hydrogens (tertiary/aromatic N) is 2. The molecule has 0 aromatic heterocycles. The Balaban J connectivity index is 1.53. The van der Waals surface area contributed by atoms with E-state index in [2.05, 4.69) is 5.32 Å². The predicted molar refractivity (Wildman–Crippen MR) is 116 cm³/mol. The summed E-state index contributed by atoms with van der Waals surface area (Å²) in [7, 11) is 0.276. The molecule has 3 atom stereocenters. The van der Waals surface area contributed by atoms with Gasteiger partial charge in [0.15, 0.2) is 0 Å². The molecule has 3 fully saturated rings. The summed E-state index contributed by atoms with van der Waals surface area (Å²) in [5.41, 5.74) is 1.41. The predicted octanol–water partition coefficient (Wildman–Crippen LogP) is 3.69. The molecule has 29 heavy (non-hydrogen) atoms. The van der Waals surface area contributed by atoms with Gasteiger partial charge < -0.3 is 10.2 Å². The van der Waals surface area contributed by atoms with E-state index in [1.54, 1.807) is 22.5 Å². The van der Waals surface area contributed by atoms with Crippen LogP contribution in [-0.2, 0) is 14.8 Å². The van der Waals surface area contributed by atoms with Crippen LogP contribution in [0.3, 0.4) is 0 Å². The van der Waals surface area contributed by atoms with Crippen molar-refractivity contribution in [3.05, 3.63) is 18.2 Å². The van der Waals surface area contributed by atoms with Crippen LogP contribution in [0.2, 0.25) is 0 Å². The molecule has 1 saturated heterocycles. The molecule has 3 unspecified atom stereocenters. The Hall–Kier alpha value is -1.60. The van der Waals surface area contributed by atoms with Gasteiger partial charge in [0.25, 0.3) is 0 Å². The first kappa shape index (κ1) is 20.7. The van der Waals surface area contributed by atoms with Crippen molar-refractivity contribution in [2.24, 2.45) is 17.8 Å². The van der Waals surface area contributed by atoms with Crippen molar-refractivity contribution in [1.29, 1.82) is 0 Å². The zero-order valence-electron chi connectivity index (χ0n) is 17.6. The Labute approximate surface area is 174 Å². The summed E-state index contributed by atoms with van der Waals surface area (Å²) in [6, 6.07) is 5.09. The number of fused-ring (bicyclic) bond motifs is 2. The Morgan fingerprint density at radius 3 is 2.52 bits per heavy atom. The van der Waals surface area contributed by atoms with Crippen LogP contribution < -0.4 is 10.2 Å². The molecular weight excluding hydrogens is 386 g/mol. The molecule has 1 heterocycles. The second-order valence-electron chi connectivity index (χ2n) is 9.23. The number of piperidine rings is 1. The average molecular weight is 420 g/mol. The van der Waals surface area contributed by atoms with Crippen LogP contribution in [0.5, 0.6) is 0 Å². The fraction of sp³-hybridized carbons (Fsp3) is 0.682. The lowest BCUT2D eigenvalue weighted by Crippen LogP contribution is -2.35. The monoisotopic (exact) mass is 419 g/mol. The molecule has 160 valence electrons. The molecule has 6 nitrogen and oxygen atoms in total. The SMILES string of the molecule is CN(C)c1ccc(S(=O)(=O)N2CCCCC2)cc1NC(=O)CC1CC2CCC1C2. The van der Waals surface area contributed by atoms with Crippen molar-refractivity contribution < 1.29 is 13.2 Å². The molecule has 1 amide bonds. The number of nitrogens with one attached hydrogen (secondary N) is 1. The molecule has 4 rings (SSSR count). The van der Waals surface area contributed by atoms with Gasteiger partial charge in [-0.3, -0.25) is 4.79 Å². The zero-order valence-corrected chi connectivity index (χ0v) is 18.4. The third kappa shape index (κ3) is 4.31. The lowest BCUT2D eigenvalue weighted by molar-refractivity contribution is -0.117. The molecule has 1 aliphatic heterocycles. The first-order valence-corrected chi connectivity index (χ1v) is 12.4. The van der Waals surface area contributed by atoms with E-state index < -0.39 is 10.0 Å². The highest BCUT2D eigenvalue weighted by atomic mass is 32.2. The van der Waals surface area contributed by atoms with Crippen LogP contribution in [-0.4, -0.2) is 45.8 Å². The first-order valence-electron chi connectivity index (χ1n) is 11.0. The minimum Gasteiger partial charge on any atom is -0.376 e. The fourth-order valence-electron chi connectivity index (χ4n) is 5.49. The second kappa shape index (κ2) is 8.26. The highest BCUT2D eigenvalue weighted by Crippen LogP contribution is 2.49. The number of anilines is 2. The molecule has 2 aliphatic carbocycles. The molecule has 0 spiro atoms. The quantitative estimate of drug-likeness (QED) is 0.763. The molecule has 0 radical (unpaired) electrons. The molecule has 1 N–H and O–H groups in total. The number of rotatable bonds is 6. The van der Waals surface area contributed by atoms with Gasteiger partial charge in [-0.15, -0.1) is 0 Å². The van der Waals surface area contributed by atoms with Crippen LogP contribution >= 0.6 is 0 Å². The minimum atomic E-state index is -3.53. The summed E-state index contributed by atoms with van der Waals surface area (Å²) < 4.78 is 27.7. The third-order valence-corrected chi connectivity index (χ3v) is 8.90. The first-order chi connectivity index (χ1) is 13.8. The van der Waals surface area contributed by atoms with Gasteiger partial charge in [-0.1, -0.05) is 12.8 Å². The lowest BCUT2D eigenvalue weighted by atomic mass is 9.86.